The largest absolute Gasteiger partial charge is 0.355 e. The quantitative estimate of drug-likeness (QED) is 0.343. The van der Waals surface area contributed by atoms with Crippen LogP contribution in [0.2, 0.25) is 5.02 Å². The van der Waals surface area contributed by atoms with E-state index in [0.29, 0.717) is 29.3 Å². The number of nitrogens with one attached hydrogen (secondary N) is 1. The predicted molar refractivity (Wildman–Crippen MR) is 136 cm³/mol. The van der Waals surface area contributed by atoms with Crippen LogP contribution in [-0.2, 0) is 22.6 Å². The molecule has 4 nitrogen and oxygen atoms in total. The number of carbonyl (C=O) groups excluding carboxylic acids is 2. The van der Waals surface area contributed by atoms with Gasteiger partial charge in [-0.2, -0.15) is 0 Å². The second-order valence-electron chi connectivity index (χ2n) is 7.77. The van der Waals surface area contributed by atoms with Crippen LogP contribution in [-0.4, -0.2) is 35.1 Å². The Hall–Kier alpha value is -2.83. The van der Waals surface area contributed by atoms with E-state index in [-0.39, 0.29) is 24.8 Å². The first-order valence-corrected chi connectivity index (χ1v) is 12.6. The average Bonchev–Trinajstić information content (AvgIpc) is 2.84. The molecule has 7 heteroatoms. The van der Waals surface area contributed by atoms with Gasteiger partial charge in [-0.05, 0) is 42.8 Å². The molecule has 1 atom stereocenters. The van der Waals surface area contributed by atoms with Crippen LogP contribution in [0.15, 0.2) is 83.8 Å². The molecule has 0 fully saturated rings. The molecule has 3 aromatic rings. The molecule has 0 aliphatic carbocycles. The molecule has 0 aliphatic rings. The fraction of sp³-hybridized carbons (Fsp3) is 0.259. The number of carbonyl (C=O) groups is 2. The van der Waals surface area contributed by atoms with Crippen molar-refractivity contribution in [3.8, 4) is 0 Å². The first-order valence-electron chi connectivity index (χ1n) is 11.2. The molecule has 2 amide bonds. The van der Waals surface area contributed by atoms with Gasteiger partial charge in [-0.15, -0.1) is 11.8 Å². The highest BCUT2D eigenvalue weighted by atomic mass is 35.5. The number of halogens is 2. The SMILES string of the molecule is CCNC(=O)C(Cc1ccccc1)N(Cc1ccccc1F)C(=O)CCSc1ccc(Cl)cc1. The molecule has 1 N–H and O–H groups in total. The maximum Gasteiger partial charge on any atom is 0.243 e. The highest BCUT2D eigenvalue weighted by Gasteiger charge is 2.30. The Kier molecular flexibility index (Phi) is 9.98. The van der Waals surface area contributed by atoms with Gasteiger partial charge < -0.3 is 10.2 Å². The van der Waals surface area contributed by atoms with E-state index in [1.165, 1.54) is 22.7 Å². The zero-order chi connectivity index (χ0) is 24.3. The summed E-state index contributed by atoms with van der Waals surface area (Å²) in [5, 5.41) is 3.50. The van der Waals surface area contributed by atoms with Gasteiger partial charge in [-0.1, -0.05) is 60.1 Å². The minimum Gasteiger partial charge on any atom is -0.355 e. The molecule has 0 spiro atoms. The van der Waals surface area contributed by atoms with E-state index in [2.05, 4.69) is 5.32 Å². The highest BCUT2D eigenvalue weighted by molar-refractivity contribution is 7.99. The van der Waals surface area contributed by atoms with Gasteiger partial charge in [-0.3, -0.25) is 9.59 Å². The summed E-state index contributed by atoms with van der Waals surface area (Å²) < 4.78 is 14.5. The van der Waals surface area contributed by atoms with E-state index >= 15 is 0 Å². The van der Waals surface area contributed by atoms with Crippen molar-refractivity contribution in [2.45, 2.75) is 37.2 Å². The van der Waals surface area contributed by atoms with Gasteiger partial charge in [0.2, 0.25) is 11.8 Å². The lowest BCUT2D eigenvalue weighted by Crippen LogP contribution is -2.50. The van der Waals surface area contributed by atoms with Crippen LogP contribution in [0.1, 0.15) is 24.5 Å². The summed E-state index contributed by atoms with van der Waals surface area (Å²) in [6.07, 6.45) is 0.559. The van der Waals surface area contributed by atoms with E-state index in [1.807, 2.05) is 49.4 Å². The van der Waals surface area contributed by atoms with Crippen molar-refractivity contribution >= 4 is 35.2 Å². The molecule has 3 aromatic carbocycles. The van der Waals surface area contributed by atoms with Crippen LogP contribution >= 0.6 is 23.4 Å². The molecule has 178 valence electrons. The Labute approximate surface area is 209 Å². The maximum absolute atomic E-state index is 14.5. The molecular formula is C27H28ClFN2O2S. The molecule has 3 rings (SSSR count). The molecular weight excluding hydrogens is 471 g/mol. The summed E-state index contributed by atoms with van der Waals surface area (Å²) in [7, 11) is 0. The van der Waals surface area contributed by atoms with Crippen molar-refractivity contribution in [1.82, 2.24) is 10.2 Å². The minimum atomic E-state index is -0.755. The summed E-state index contributed by atoms with van der Waals surface area (Å²) in [6.45, 7) is 2.30. The summed E-state index contributed by atoms with van der Waals surface area (Å²) in [5.74, 6) is -0.315. The third-order valence-electron chi connectivity index (χ3n) is 5.32. The molecule has 1 unspecified atom stereocenters. The smallest absolute Gasteiger partial charge is 0.243 e. The van der Waals surface area contributed by atoms with Crippen LogP contribution in [0.4, 0.5) is 4.39 Å². The Morgan fingerprint density at radius 1 is 1.00 bits per heavy atom. The lowest BCUT2D eigenvalue weighted by Gasteiger charge is -2.31. The summed E-state index contributed by atoms with van der Waals surface area (Å²) in [4.78, 5) is 29.0. The number of amides is 2. The van der Waals surface area contributed by atoms with Gasteiger partial charge in [0, 0.05) is 47.2 Å². The van der Waals surface area contributed by atoms with Gasteiger partial charge in [0.25, 0.3) is 0 Å². The van der Waals surface area contributed by atoms with E-state index in [1.54, 1.807) is 30.3 Å². The number of hydrogen-bond acceptors (Lipinski definition) is 3. The van der Waals surface area contributed by atoms with Crippen molar-refractivity contribution in [1.29, 1.82) is 0 Å². The van der Waals surface area contributed by atoms with Crippen LogP contribution in [0.3, 0.4) is 0 Å². The summed E-state index contributed by atoms with van der Waals surface area (Å²) in [6, 6.07) is 22.6. The number of benzene rings is 3. The summed E-state index contributed by atoms with van der Waals surface area (Å²) >= 11 is 7.48. The normalized spacial score (nSPS) is 11.6. The standard InChI is InChI=1S/C27H28ClFN2O2S/c1-2-30-27(33)25(18-20-8-4-3-5-9-20)31(19-21-10-6-7-11-24(21)29)26(32)16-17-34-23-14-12-22(28)13-15-23/h3-15,25H,2,16-19H2,1H3,(H,30,33). The Balaban J connectivity index is 1.82. The van der Waals surface area contributed by atoms with E-state index < -0.39 is 11.9 Å². The fourth-order valence-corrected chi connectivity index (χ4v) is 4.55. The van der Waals surface area contributed by atoms with Crippen molar-refractivity contribution in [3.63, 3.8) is 0 Å². The van der Waals surface area contributed by atoms with Gasteiger partial charge in [0.05, 0.1) is 0 Å². The lowest BCUT2D eigenvalue weighted by molar-refractivity contribution is -0.141. The zero-order valence-electron chi connectivity index (χ0n) is 19.0. The number of hydrogen-bond donors (Lipinski definition) is 1. The molecule has 0 aromatic heterocycles. The van der Waals surface area contributed by atoms with Crippen molar-refractivity contribution in [2.75, 3.05) is 12.3 Å². The second kappa shape index (κ2) is 13.2. The first-order chi connectivity index (χ1) is 16.5. The minimum absolute atomic E-state index is 0.0196. The third-order valence-corrected chi connectivity index (χ3v) is 6.58. The molecule has 0 saturated heterocycles. The molecule has 0 bridgehead atoms. The Morgan fingerprint density at radius 3 is 2.35 bits per heavy atom. The monoisotopic (exact) mass is 498 g/mol. The third kappa shape index (κ3) is 7.61. The molecule has 0 radical (unpaired) electrons. The van der Waals surface area contributed by atoms with Crippen LogP contribution in [0.5, 0.6) is 0 Å². The number of thioether (sulfide) groups is 1. The average molecular weight is 499 g/mol. The van der Waals surface area contributed by atoms with Gasteiger partial charge >= 0.3 is 0 Å². The maximum atomic E-state index is 14.5. The zero-order valence-corrected chi connectivity index (χ0v) is 20.6. The van der Waals surface area contributed by atoms with Crippen LogP contribution < -0.4 is 5.32 Å². The highest BCUT2D eigenvalue weighted by Crippen LogP contribution is 2.23. The molecule has 0 heterocycles. The molecule has 0 aliphatic heterocycles. The Morgan fingerprint density at radius 2 is 1.68 bits per heavy atom. The Bertz CT molecular complexity index is 1080. The topological polar surface area (TPSA) is 49.4 Å². The van der Waals surface area contributed by atoms with Crippen LogP contribution in [0.25, 0.3) is 0 Å². The number of rotatable bonds is 11. The van der Waals surface area contributed by atoms with E-state index in [4.69, 9.17) is 11.6 Å². The van der Waals surface area contributed by atoms with Gasteiger partial charge in [0.1, 0.15) is 11.9 Å². The van der Waals surface area contributed by atoms with Gasteiger partial charge in [-0.25, -0.2) is 4.39 Å². The van der Waals surface area contributed by atoms with Crippen molar-refractivity contribution < 1.29 is 14.0 Å². The number of nitrogens with zero attached hydrogens (tertiary/aromatic N) is 1. The summed E-state index contributed by atoms with van der Waals surface area (Å²) in [5.41, 5.74) is 1.31. The first kappa shape index (κ1) is 25.8. The predicted octanol–water partition coefficient (Wildman–Crippen LogP) is 5.74. The van der Waals surface area contributed by atoms with Crippen molar-refractivity contribution in [3.05, 3.63) is 101 Å². The second-order valence-corrected chi connectivity index (χ2v) is 9.37. The van der Waals surface area contributed by atoms with E-state index in [9.17, 15) is 14.0 Å². The van der Waals surface area contributed by atoms with E-state index in [0.717, 1.165) is 10.5 Å². The van der Waals surface area contributed by atoms with Crippen LogP contribution in [0, 0.1) is 5.82 Å². The van der Waals surface area contributed by atoms with Crippen molar-refractivity contribution in [2.24, 2.45) is 0 Å². The number of likely N-dealkylation sites (N-methyl/N-ethyl adjacent to an activating group) is 1. The fourth-order valence-electron chi connectivity index (χ4n) is 3.59. The van der Waals surface area contributed by atoms with Gasteiger partial charge in [0.15, 0.2) is 0 Å². The molecule has 34 heavy (non-hydrogen) atoms. The lowest BCUT2D eigenvalue weighted by atomic mass is 10.0. The molecule has 0 saturated carbocycles.